The number of hydrogen-bond acceptors (Lipinski definition) is 3. The van der Waals surface area contributed by atoms with E-state index in [1.165, 1.54) is 12.8 Å². The number of carbonyl (C=O) groups is 1. The number of piperidine rings is 1. The Kier molecular flexibility index (Phi) is 4.74. The summed E-state index contributed by atoms with van der Waals surface area (Å²) in [5.41, 5.74) is 5.31. The van der Waals surface area contributed by atoms with Crippen molar-refractivity contribution in [3.05, 3.63) is 0 Å². The summed E-state index contributed by atoms with van der Waals surface area (Å²) in [6, 6.07) is 0. The Morgan fingerprint density at radius 2 is 2.25 bits per heavy atom. The minimum absolute atomic E-state index is 0.135. The molecular weight excluding hydrogens is 202 g/mol. The highest BCUT2D eigenvalue weighted by atomic mass is 16.1. The average molecular weight is 227 g/mol. The quantitative estimate of drug-likeness (QED) is 0.738. The van der Waals surface area contributed by atoms with E-state index in [-0.39, 0.29) is 11.4 Å². The summed E-state index contributed by atoms with van der Waals surface area (Å²) in [5, 5.41) is 2.99. The van der Waals surface area contributed by atoms with E-state index in [4.69, 9.17) is 5.73 Å². The van der Waals surface area contributed by atoms with Crippen molar-refractivity contribution in [2.45, 2.75) is 38.6 Å². The van der Waals surface area contributed by atoms with Gasteiger partial charge in [0.05, 0.1) is 0 Å². The Balaban J connectivity index is 2.33. The van der Waals surface area contributed by atoms with E-state index in [0.717, 1.165) is 13.1 Å². The maximum atomic E-state index is 11.8. The molecule has 0 saturated carbocycles. The van der Waals surface area contributed by atoms with E-state index >= 15 is 0 Å². The maximum absolute atomic E-state index is 11.8. The molecule has 94 valence electrons. The fraction of sp³-hybridized carbons (Fsp3) is 0.917. The predicted octanol–water partition coefficient (Wildman–Crippen LogP) is 0.572. The number of hydrogen-bond donors (Lipinski definition) is 2. The summed E-state index contributed by atoms with van der Waals surface area (Å²) < 4.78 is 0. The first-order chi connectivity index (χ1) is 7.43. The Labute approximate surface area is 98.6 Å². The molecule has 1 aliphatic rings. The van der Waals surface area contributed by atoms with Gasteiger partial charge in [0.1, 0.15) is 0 Å². The number of likely N-dealkylation sites (tertiary alicyclic amines) is 1. The third-order valence-electron chi connectivity index (χ3n) is 3.18. The molecule has 0 aromatic rings. The zero-order chi connectivity index (χ0) is 12.2. The van der Waals surface area contributed by atoms with Gasteiger partial charge in [-0.15, -0.1) is 0 Å². The number of nitrogens with zero attached hydrogens (tertiary/aromatic N) is 1. The van der Waals surface area contributed by atoms with E-state index in [1.54, 1.807) is 0 Å². The van der Waals surface area contributed by atoms with Crippen LogP contribution < -0.4 is 11.1 Å². The van der Waals surface area contributed by atoms with Crippen LogP contribution in [0, 0.1) is 5.92 Å². The van der Waals surface area contributed by atoms with Crippen LogP contribution in [0.1, 0.15) is 33.1 Å². The molecule has 0 radical (unpaired) electrons. The van der Waals surface area contributed by atoms with Gasteiger partial charge in [0.15, 0.2) is 0 Å². The van der Waals surface area contributed by atoms with Gasteiger partial charge >= 0.3 is 0 Å². The molecular formula is C12H25N3O. The highest BCUT2D eigenvalue weighted by Crippen LogP contribution is 2.18. The fourth-order valence-electron chi connectivity index (χ4n) is 2.18. The SMILES string of the molecule is CN1CCCC(CC(=O)NC(C)(C)CN)C1. The molecule has 0 spiro atoms. The van der Waals surface area contributed by atoms with E-state index < -0.39 is 0 Å². The summed E-state index contributed by atoms with van der Waals surface area (Å²) >= 11 is 0. The predicted molar refractivity (Wildman–Crippen MR) is 66.1 cm³/mol. The van der Waals surface area contributed by atoms with Gasteiger partial charge < -0.3 is 16.0 Å². The number of nitrogens with two attached hydrogens (primary N) is 1. The summed E-state index contributed by atoms with van der Waals surface area (Å²) in [5.74, 6) is 0.642. The summed E-state index contributed by atoms with van der Waals surface area (Å²) in [6.45, 7) is 6.59. The zero-order valence-corrected chi connectivity index (χ0v) is 10.8. The monoisotopic (exact) mass is 227 g/mol. The Morgan fingerprint density at radius 3 is 2.81 bits per heavy atom. The van der Waals surface area contributed by atoms with Crippen LogP contribution in [-0.4, -0.2) is 43.0 Å². The lowest BCUT2D eigenvalue weighted by Gasteiger charge is -2.31. The third-order valence-corrected chi connectivity index (χ3v) is 3.18. The van der Waals surface area contributed by atoms with Crippen LogP contribution in [-0.2, 0) is 4.79 Å². The summed E-state index contributed by atoms with van der Waals surface area (Å²) in [4.78, 5) is 14.1. The lowest BCUT2D eigenvalue weighted by atomic mass is 9.94. The van der Waals surface area contributed by atoms with Crippen LogP contribution in [0.15, 0.2) is 0 Å². The van der Waals surface area contributed by atoms with Crippen LogP contribution in [0.5, 0.6) is 0 Å². The molecule has 0 aliphatic carbocycles. The van der Waals surface area contributed by atoms with E-state index in [0.29, 0.717) is 18.9 Å². The van der Waals surface area contributed by atoms with E-state index in [2.05, 4.69) is 17.3 Å². The second-order valence-corrected chi connectivity index (χ2v) is 5.61. The largest absolute Gasteiger partial charge is 0.350 e. The van der Waals surface area contributed by atoms with Gasteiger partial charge in [-0.2, -0.15) is 0 Å². The molecule has 0 aromatic heterocycles. The zero-order valence-electron chi connectivity index (χ0n) is 10.8. The number of carbonyl (C=O) groups excluding carboxylic acids is 1. The van der Waals surface area contributed by atoms with Crippen LogP contribution in [0.25, 0.3) is 0 Å². The molecule has 1 rings (SSSR count). The summed E-state index contributed by atoms with van der Waals surface area (Å²) in [7, 11) is 2.12. The van der Waals surface area contributed by atoms with Crippen molar-refractivity contribution in [3.8, 4) is 0 Å². The molecule has 3 N–H and O–H groups in total. The second-order valence-electron chi connectivity index (χ2n) is 5.61. The molecule has 1 atom stereocenters. The number of amides is 1. The first kappa shape index (κ1) is 13.5. The van der Waals surface area contributed by atoms with Crippen LogP contribution in [0.3, 0.4) is 0 Å². The molecule has 4 nitrogen and oxygen atoms in total. The molecule has 1 amide bonds. The molecule has 1 heterocycles. The van der Waals surface area contributed by atoms with Crippen molar-refractivity contribution < 1.29 is 4.79 Å². The lowest BCUT2D eigenvalue weighted by molar-refractivity contribution is -0.123. The van der Waals surface area contributed by atoms with Gasteiger partial charge in [0.25, 0.3) is 0 Å². The fourth-order valence-corrected chi connectivity index (χ4v) is 2.18. The third kappa shape index (κ3) is 4.49. The molecule has 4 heteroatoms. The van der Waals surface area contributed by atoms with Crippen LogP contribution >= 0.6 is 0 Å². The van der Waals surface area contributed by atoms with Crippen molar-refractivity contribution >= 4 is 5.91 Å². The van der Waals surface area contributed by atoms with Crippen LogP contribution in [0.2, 0.25) is 0 Å². The molecule has 1 fully saturated rings. The second kappa shape index (κ2) is 5.64. The van der Waals surface area contributed by atoms with Crippen molar-refractivity contribution in [2.24, 2.45) is 11.7 Å². The highest BCUT2D eigenvalue weighted by molar-refractivity contribution is 5.77. The molecule has 16 heavy (non-hydrogen) atoms. The normalized spacial score (nSPS) is 23.1. The van der Waals surface area contributed by atoms with Crippen molar-refractivity contribution in [2.75, 3.05) is 26.7 Å². The molecule has 0 aromatic carbocycles. The average Bonchev–Trinajstić information content (AvgIpc) is 2.16. The molecule has 1 aliphatic heterocycles. The highest BCUT2D eigenvalue weighted by Gasteiger charge is 2.23. The van der Waals surface area contributed by atoms with E-state index in [9.17, 15) is 4.79 Å². The minimum Gasteiger partial charge on any atom is -0.350 e. The van der Waals surface area contributed by atoms with Gasteiger partial charge in [0, 0.05) is 25.0 Å². The summed E-state index contributed by atoms with van der Waals surface area (Å²) in [6.07, 6.45) is 3.00. The first-order valence-electron chi connectivity index (χ1n) is 6.12. The van der Waals surface area contributed by atoms with Gasteiger partial charge in [-0.05, 0) is 46.2 Å². The van der Waals surface area contributed by atoms with Crippen molar-refractivity contribution in [1.82, 2.24) is 10.2 Å². The van der Waals surface area contributed by atoms with Gasteiger partial charge in [-0.3, -0.25) is 4.79 Å². The van der Waals surface area contributed by atoms with E-state index in [1.807, 2.05) is 13.8 Å². The lowest BCUT2D eigenvalue weighted by Crippen LogP contribution is -2.49. The van der Waals surface area contributed by atoms with Crippen molar-refractivity contribution in [3.63, 3.8) is 0 Å². The molecule has 0 bridgehead atoms. The number of rotatable bonds is 4. The van der Waals surface area contributed by atoms with Gasteiger partial charge in [0.2, 0.25) is 5.91 Å². The van der Waals surface area contributed by atoms with Gasteiger partial charge in [-0.25, -0.2) is 0 Å². The van der Waals surface area contributed by atoms with Crippen LogP contribution in [0.4, 0.5) is 0 Å². The first-order valence-corrected chi connectivity index (χ1v) is 6.12. The maximum Gasteiger partial charge on any atom is 0.220 e. The molecule has 1 saturated heterocycles. The Bertz CT molecular complexity index is 240. The van der Waals surface area contributed by atoms with Gasteiger partial charge in [-0.1, -0.05) is 0 Å². The topological polar surface area (TPSA) is 58.4 Å². The standard InChI is InChI=1S/C12H25N3O/c1-12(2,9-13)14-11(16)7-10-5-4-6-15(3)8-10/h10H,4-9,13H2,1-3H3,(H,14,16). The Morgan fingerprint density at radius 1 is 1.56 bits per heavy atom. The smallest absolute Gasteiger partial charge is 0.220 e. The minimum atomic E-state index is -0.280. The van der Waals surface area contributed by atoms with Crippen molar-refractivity contribution in [1.29, 1.82) is 0 Å². The number of nitrogens with one attached hydrogen (secondary N) is 1. The molecule has 1 unspecified atom stereocenters. The Hall–Kier alpha value is -0.610.